The molecule has 0 aliphatic carbocycles. The molecule has 1 unspecified atom stereocenters. The predicted octanol–water partition coefficient (Wildman–Crippen LogP) is 2.49. The van der Waals surface area contributed by atoms with Crippen molar-refractivity contribution in [3.8, 4) is 0 Å². The van der Waals surface area contributed by atoms with Crippen LogP contribution in [0.25, 0.3) is 0 Å². The maximum Gasteiger partial charge on any atom is 0.276 e. The zero-order valence-corrected chi connectivity index (χ0v) is 17.4. The molecule has 2 fully saturated rings. The molecular weight excluding hydrogens is 370 g/mol. The van der Waals surface area contributed by atoms with Crippen LogP contribution in [-0.2, 0) is 22.7 Å². The van der Waals surface area contributed by atoms with Crippen LogP contribution in [0, 0.1) is 12.3 Å². The molecular formula is C22H29N3O4. The average molecular weight is 399 g/mol. The molecule has 1 amide bonds. The first-order valence-electron chi connectivity index (χ1n) is 10.1. The average Bonchev–Trinajstić information content (AvgIpc) is 3.22. The first kappa shape index (κ1) is 20.1. The highest BCUT2D eigenvalue weighted by molar-refractivity contribution is 5.94. The molecule has 0 saturated carbocycles. The molecule has 2 aromatic rings. The number of carbonyl (C=O) groups is 1. The Morgan fingerprint density at radius 1 is 1.24 bits per heavy atom. The summed E-state index contributed by atoms with van der Waals surface area (Å²) >= 11 is 0. The smallest absolute Gasteiger partial charge is 0.276 e. The van der Waals surface area contributed by atoms with Gasteiger partial charge in [0.05, 0.1) is 25.4 Å². The van der Waals surface area contributed by atoms with E-state index >= 15 is 0 Å². The minimum atomic E-state index is -0.0639. The van der Waals surface area contributed by atoms with Gasteiger partial charge in [-0.05, 0) is 26.0 Å². The number of hydrogen-bond donors (Lipinski definition) is 0. The zero-order valence-electron chi connectivity index (χ0n) is 17.4. The van der Waals surface area contributed by atoms with Gasteiger partial charge in [0.1, 0.15) is 5.76 Å². The van der Waals surface area contributed by atoms with Crippen molar-refractivity contribution in [1.82, 2.24) is 15.0 Å². The number of likely N-dealkylation sites (tertiary alicyclic amines) is 2. The van der Waals surface area contributed by atoms with Crippen molar-refractivity contribution >= 4 is 5.91 Å². The second-order valence-electron chi connectivity index (χ2n) is 8.43. The van der Waals surface area contributed by atoms with Gasteiger partial charge in [-0.15, -0.1) is 0 Å². The van der Waals surface area contributed by atoms with Crippen molar-refractivity contribution < 1.29 is 18.8 Å². The van der Waals surface area contributed by atoms with Crippen LogP contribution < -0.4 is 0 Å². The summed E-state index contributed by atoms with van der Waals surface area (Å²) in [6, 6.07) is 10.6. The lowest BCUT2D eigenvalue weighted by Crippen LogP contribution is -2.59. The van der Waals surface area contributed by atoms with Crippen LogP contribution in [0.15, 0.2) is 34.9 Å². The Labute approximate surface area is 171 Å². The summed E-state index contributed by atoms with van der Waals surface area (Å²) in [6.45, 7) is 5.98. The molecule has 0 N–H and O–H groups in total. The summed E-state index contributed by atoms with van der Waals surface area (Å²) in [5, 5.41) is 3.97. The number of methoxy groups -OCH3 is 1. The molecule has 2 aliphatic heterocycles. The summed E-state index contributed by atoms with van der Waals surface area (Å²) in [4.78, 5) is 17.1. The summed E-state index contributed by atoms with van der Waals surface area (Å²) < 4.78 is 16.4. The van der Waals surface area contributed by atoms with E-state index in [9.17, 15) is 4.79 Å². The number of rotatable bonds is 7. The first-order valence-corrected chi connectivity index (χ1v) is 10.1. The van der Waals surface area contributed by atoms with E-state index < -0.39 is 0 Å². The highest BCUT2D eigenvalue weighted by atomic mass is 16.5. The molecule has 0 radical (unpaired) electrons. The molecule has 1 aromatic carbocycles. The molecule has 29 heavy (non-hydrogen) atoms. The molecule has 4 rings (SSSR count). The topological polar surface area (TPSA) is 68.0 Å². The van der Waals surface area contributed by atoms with E-state index in [2.05, 4.69) is 29.2 Å². The molecule has 1 atom stereocenters. The summed E-state index contributed by atoms with van der Waals surface area (Å²) in [5.41, 5.74) is 2.48. The van der Waals surface area contributed by atoms with E-state index in [-0.39, 0.29) is 11.3 Å². The summed E-state index contributed by atoms with van der Waals surface area (Å²) in [6.07, 6.45) is 1.05. The van der Waals surface area contributed by atoms with Gasteiger partial charge in [-0.3, -0.25) is 4.79 Å². The number of amides is 1. The van der Waals surface area contributed by atoms with Crippen molar-refractivity contribution in [1.29, 1.82) is 0 Å². The van der Waals surface area contributed by atoms with Crippen LogP contribution >= 0.6 is 0 Å². The first-order chi connectivity index (χ1) is 14.0. The zero-order chi connectivity index (χ0) is 20.4. The van der Waals surface area contributed by atoms with Crippen molar-refractivity contribution in [2.24, 2.45) is 5.41 Å². The van der Waals surface area contributed by atoms with Crippen LogP contribution in [0.2, 0.25) is 0 Å². The van der Waals surface area contributed by atoms with E-state index in [1.807, 2.05) is 30.0 Å². The third-order valence-electron chi connectivity index (χ3n) is 6.11. The van der Waals surface area contributed by atoms with Crippen molar-refractivity contribution in [2.45, 2.75) is 32.6 Å². The summed E-state index contributed by atoms with van der Waals surface area (Å²) in [5.74, 6) is 0.577. The van der Waals surface area contributed by atoms with Crippen LogP contribution in [0.4, 0.5) is 0 Å². The molecule has 3 heterocycles. The fraction of sp³-hybridized carbons (Fsp3) is 0.545. The SMILES string of the molecule is COCc1c(C(=O)N2CC3(CC(COCc4ccccc4)N(C)C3)C2)noc1C. The normalized spacial score (nSPS) is 20.9. The highest BCUT2D eigenvalue weighted by Gasteiger charge is 2.52. The Morgan fingerprint density at radius 3 is 2.72 bits per heavy atom. The van der Waals surface area contributed by atoms with Crippen LogP contribution in [0.5, 0.6) is 0 Å². The maximum absolute atomic E-state index is 12.9. The van der Waals surface area contributed by atoms with E-state index in [1.54, 1.807) is 7.11 Å². The molecule has 1 aromatic heterocycles. The Hall–Kier alpha value is -2.22. The third-order valence-corrected chi connectivity index (χ3v) is 6.11. The fourth-order valence-corrected chi connectivity index (χ4v) is 4.61. The van der Waals surface area contributed by atoms with Crippen LogP contribution in [-0.4, -0.2) is 67.3 Å². The number of carbonyl (C=O) groups excluding carboxylic acids is 1. The highest BCUT2D eigenvalue weighted by Crippen LogP contribution is 2.42. The van der Waals surface area contributed by atoms with Gasteiger partial charge in [-0.2, -0.15) is 0 Å². The lowest BCUT2D eigenvalue weighted by molar-refractivity contribution is 0.00989. The second-order valence-corrected chi connectivity index (χ2v) is 8.43. The minimum absolute atomic E-state index is 0.0639. The molecule has 156 valence electrons. The lowest BCUT2D eigenvalue weighted by Gasteiger charge is -2.47. The predicted molar refractivity (Wildman–Crippen MR) is 107 cm³/mol. The van der Waals surface area contributed by atoms with Gasteiger partial charge in [-0.25, -0.2) is 0 Å². The van der Waals surface area contributed by atoms with Gasteiger partial charge in [0.2, 0.25) is 0 Å². The number of aromatic nitrogens is 1. The lowest BCUT2D eigenvalue weighted by atomic mass is 9.77. The van der Waals surface area contributed by atoms with Gasteiger partial charge in [0.15, 0.2) is 5.69 Å². The fourth-order valence-electron chi connectivity index (χ4n) is 4.61. The quantitative estimate of drug-likeness (QED) is 0.713. The molecule has 7 heteroatoms. The van der Waals surface area contributed by atoms with Crippen LogP contribution in [0.3, 0.4) is 0 Å². The number of ether oxygens (including phenoxy) is 2. The second kappa shape index (κ2) is 8.26. The van der Waals surface area contributed by atoms with Crippen LogP contribution in [0.1, 0.15) is 33.8 Å². The molecule has 0 bridgehead atoms. The van der Waals surface area contributed by atoms with Gasteiger partial charge in [0, 0.05) is 38.2 Å². The number of benzene rings is 1. The minimum Gasteiger partial charge on any atom is -0.380 e. The largest absolute Gasteiger partial charge is 0.380 e. The van der Waals surface area contributed by atoms with Crippen molar-refractivity contribution in [2.75, 3.05) is 40.4 Å². The molecule has 2 aliphatic rings. The number of likely N-dealkylation sites (N-methyl/N-ethyl adjacent to an activating group) is 1. The number of aryl methyl sites for hydroxylation is 1. The number of nitrogens with zero attached hydrogens (tertiary/aromatic N) is 3. The summed E-state index contributed by atoms with van der Waals surface area (Å²) in [7, 11) is 3.75. The van der Waals surface area contributed by atoms with E-state index in [0.29, 0.717) is 37.3 Å². The van der Waals surface area contributed by atoms with Crippen molar-refractivity contribution in [3.63, 3.8) is 0 Å². The van der Waals surface area contributed by atoms with Crippen molar-refractivity contribution in [3.05, 3.63) is 52.9 Å². The van der Waals surface area contributed by atoms with E-state index in [0.717, 1.165) is 31.6 Å². The number of hydrogen-bond acceptors (Lipinski definition) is 6. The standard InChI is InChI=1S/C22H29N3O4/c1-16-19(12-27-3)20(23-29-16)21(26)25-14-22(15-25)9-18(24(2)13-22)11-28-10-17-7-5-4-6-8-17/h4-8,18H,9-15H2,1-3H3. The molecule has 2 saturated heterocycles. The van der Waals surface area contributed by atoms with Gasteiger partial charge < -0.3 is 23.8 Å². The Balaban J connectivity index is 1.30. The Kier molecular flexibility index (Phi) is 5.72. The maximum atomic E-state index is 12.9. The Bertz CT molecular complexity index is 845. The molecule has 7 nitrogen and oxygen atoms in total. The van der Waals surface area contributed by atoms with E-state index in [1.165, 1.54) is 5.56 Å². The van der Waals surface area contributed by atoms with E-state index in [4.69, 9.17) is 14.0 Å². The molecule has 1 spiro atoms. The van der Waals surface area contributed by atoms with Gasteiger partial charge in [-0.1, -0.05) is 35.5 Å². The van der Waals surface area contributed by atoms with Gasteiger partial charge in [0.25, 0.3) is 5.91 Å². The monoisotopic (exact) mass is 399 g/mol. The van der Waals surface area contributed by atoms with Gasteiger partial charge >= 0.3 is 0 Å². The Morgan fingerprint density at radius 2 is 2.00 bits per heavy atom. The third kappa shape index (κ3) is 4.08.